The van der Waals surface area contributed by atoms with E-state index in [-0.39, 0.29) is 6.04 Å². The summed E-state index contributed by atoms with van der Waals surface area (Å²) in [5.74, 6) is 0. The van der Waals surface area contributed by atoms with Crippen molar-refractivity contribution in [2.24, 2.45) is 0 Å². The normalized spacial score (nSPS) is 16.8. The average molecular weight is 324 g/mol. The highest BCUT2D eigenvalue weighted by Gasteiger charge is 2.22. The number of H-pyrrole nitrogens is 1. The van der Waals surface area contributed by atoms with Crippen LogP contribution in [0.2, 0.25) is 5.15 Å². The van der Waals surface area contributed by atoms with Crippen LogP contribution in [0.3, 0.4) is 0 Å². The van der Waals surface area contributed by atoms with Gasteiger partial charge in [-0.2, -0.15) is 10.4 Å². The molecule has 1 aliphatic carbocycles. The molecule has 0 bridgehead atoms. The van der Waals surface area contributed by atoms with Crippen LogP contribution in [0.1, 0.15) is 35.7 Å². The zero-order valence-corrected chi connectivity index (χ0v) is 13.1. The Kier molecular flexibility index (Phi) is 3.40. The number of nitrogens with one attached hydrogen (secondary N) is 2. The SMILES string of the molecule is N#Cc1cnc2c(c1)CCC[C@H]2Nc1ccc2n[nH]c(Cl)c2c1. The highest BCUT2D eigenvalue weighted by atomic mass is 35.5. The molecule has 23 heavy (non-hydrogen) atoms. The third-order valence-corrected chi connectivity index (χ3v) is 4.54. The maximum absolute atomic E-state index is 9.02. The number of rotatable bonds is 2. The van der Waals surface area contributed by atoms with Crippen LogP contribution in [-0.2, 0) is 6.42 Å². The van der Waals surface area contributed by atoms with Gasteiger partial charge >= 0.3 is 0 Å². The number of nitrogens with zero attached hydrogens (tertiary/aromatic N) is 3. The number of pyridine rings is 1. The van der Waals surface area contributed by atoms with Crippen molar-refractivity contribution < 1.29 is 0 Å². The zero-order valence-electron chi connectivity index (χ0n) is 12.3. The van der Waals surface area contributed by atoms with E-state index in [1.807, 2.05) is 24.3 Å². The Labute approximate surface area is 138 Å². The third kappa shape index (κ3) is 2.51. The Bertz CT molecular complexity index is 924. The molecule has 1 atom stereocenters. The standard InChI is InChI=1S/C17H14ClN5/c18-17-13-7-12(4-5-14(13)22-23-17)21-15-3-1-2-11-6-10(8-19)9-20-16(11)15/h4-7,9,15,21H,1-3H2,(H,22,23)/t15-/m1/s1. The lowest BCUT2D eigenvalue weighted by Gasteiger charge is -2.26. The van der Waals surface area contributed by atoms with E-state index in [2.05, 4.69) is 26.6 Å². The molecule has 0 spiro atoms. The molecule has 0 saturated heterocycles. The zero-order chi connectivity index (χ0) is 15.8. The van der Waals surface area contributed by atoms with Gasteiger partial charge in [0.05, 0.1) is 22.8 Å². The summed E-state index contributed by atoms with van der Waals surface area (Å²) < 4.78 is 0. The van der Waals surface area contributed by atoms with Crippen LogP contribution in [0, 0.1) is 11.3 Å². The lowest BCUT2D eigenvalue weighted by Crippen LogP contribution is -2.19. The van der Waals surface area contributed by atoms with Crippen LogP contribution in [0.15, 0.2) is 30.5 Å². The number of aromatic amines is 1. The molecule has 0 aliphatic heterocycles. The molecule has 0 radical (unpaired) electrons. The van der Waals surface area contributed by atoms with E-state index in [4.69, 9.17) is 16.9 Å². The molecule has 0 fully saturated rings. The van der Waals surface area contributed by atoms with Crippen LogP contribution in [0.5, 0.6) is 0 Å². The number of benzene rings is 1. The summed E-state index contributed by atoms with van der Waals surface area (Å²) in [4.78, 5) is 4.51. The van der Waals surface area contributed by atoms with Gasteiger partial charge in [0, 0.05) is 17.3 Å². The first kappa shape index (κ1) is 14.0. The van der Waals surface area contributed by atoms with Gasteiger partial charge in [0.2, 0.25) is 0 Å². The van der Waals surface area contributed by atoms with Gasteiger partial charge in [-0.15, -0.1) is 0 Å². The van der Waals surface area contributed by atoms with Crippen molar-refractivity contribution in [1.29, 1.82) is 5.26 Å². The first-order chi connectivity index (χ1) is 11.2. The number of halogens is 1. The minimum Gasteiger partial charge on any atom is -0.377 e. The summed E-state index contributed by atoms with van der Waals surface area (Å²) >= 11 is 6.11. The molecule has 2 aromatic heterocycles. The first-order valence-electron chi connectivity index (χ1n) is 7.53. The molecule has 0 unspecified atom stereocenters. The Morgan fingerprint density at radius 1 is 1.35 bits per heavy atom. The van der Waals surface area contributed by atoms with E-state index in [0.717, 1.165) is 47.1 Å². The predicted molar refractivity (Wildman–Crippen MR) is 89.4 cm³/mol. The van der Waals surface area contributed by atoms with Crippen molar-refractivity contribution in [2.45, 2.75) is 25.3 Å². The Morgan fingerprint density at radius 2 is 2.26 bits per heavy atom. The van der Waals surface area contributed by atoms with Crippen LogP contribution in [0.25, 0.3) is 10.9 Å². The van der Waals surface area contributed by atoms with E-state index >= 15 is 0 Å². The summed E-state index contributed by atoms with van der Waals surface area (Å²) in [6.07, 6.45) is 4.72. The van der Waals surface area contributed by atoms with Crippen LogP contribution < -0.4 is 5.32 Å². The smallest absolute Gasteiger partial charge is 0.132 e. The molecule has 4 rings (SSSR count). The fourth-order valence-corrected chi connectivity index (χ4v) is 3.33. The summed E-state index contributed by atoms with van der Waals surface area (Å²) in [7, 11) is 0. The topological polar surface area (TPSA) is 77.4 Å². The second-order valence-electron chi connectivity index (χ2n) is 5.74. The maximum Gasteiger partial charge on any atom is 0.132 e. The second kappa shape index (κ2) is 5.56. The van der Waals surface area contributed by atoms with E-state index in [0.29, 0.717) is 10.7 Å². The third-order valence-electron chi connectivity index (χ3n) is 4.25. The van der Waals surface area contributed by atoms with E-state index in [1.165, 1.54) is 0 Å². The van der Waals surface area contributed by atoms with Crippen molar-refractivity contribution in [3.05, 3.63) is 52.4 Å². The summed E-state index contributed by atoms with van der Waals surface area (Å²) in [5.41, 5.74) is 4.66. The van der Waals surface area contributed by atoms with Crippen molar-refractivity contribution >= 4 is 28.2 Å². The lowest BCUT2D eigenvalue weighted by atomic mass is 9.91. The molecule has 6 heteroatoms. The van der Waals surface area contributed by atoms with Crippen LogP contribution >= 0.6 is 11.6 Å². The van der Waals surface area contributed by atoms with E-state index < -0.39 is 0 Å². The Morgan fingerprint density at radius 3 is 3.13 bits per heavy atom. The summed E-state index contributed by atoms with van der Waals surface area (Å²) in [5, 5.41) is 20.9. The number of hydrogen-bond acceptors (Lipinski definition) is 4. The summed E-state index contributed by atoms with van der Waals surface area (Å²) in [6, 6.07) is 10.2. The Hall–Kier alpha value is -2.58. The average Bonchev–Trinajstić information content (AvgIpc) is 2.95. The molecule has 1 aromatic carbocycles. The van der Waals surface area contributed by atoms with Gasteiger partial charge in [0.25, 0.3) is 0 Å². The largest absolute Gasteiger partial charge is 0.377 e. The number of aryl methyl sites for hydroxylation is 1. The van der Waals surface area contributed by atoms with Gasteiger partial charge in [-0.1, -0.05) is 11.6 Å². The highest BCUT2D eigenvalue weighted by Crippen LogP contribution is 2.32. The molecule has 5 nitrogen and oxygen atoms in total. The van der Waals surface area contributed by atoms with Gasteiger partial charge in [-0.25, -0.2) is 0 Å². The minimum atomic E-state index is 0.148. The number of fused-ring (bicyclic) bond motifs is 2. The highest BCUT2D eigenvalue weighted by molar-refractivity contribution is 6.34. The minimum absolute atomic E-state index is 0.148. The van der Waals surface area contributed by atoms with Crippen molar-refractivity contribution in [3.63, 3.8) is 0 Å². The van der Waals surface area contributed by atoms with E-state index in [9.17, 15) is 0 Å². The molecule has 1 aliphatic rings. The van der Waals surface area contributed by atoms with Crippen LogP contribution in [-0.4, -0.2) is 15.2 Å². The maximum atomic E-state index is 9.02. The van der Waals surface area contributed by atoms with Crippen molar-refractivity contribution in [2.75, 3.05) is 5.32 Å². The molecule has 114 valence electrons. The van der Waals surface area contributed by atoms with Crippen LogP contribution in [0.4, 0.5) is 5.69 Å². The first-order valence-corrected chi connectivity index (χ1v) is 7.91. The number of nitriles is 1. The fraction of sp³-hybridized carbons (Fsp3) is 0.235. The monoisotopic (exact) mass is 323 g/mol. The quantitative estimate of drug-likeness (QED) is 0.748. The summed E-state index contributed by atoms with van der Waals surface area (Å²) in [6.45, 7) is 0. The molecule has 2 heterocycles. The molecular weight excluding hydrogens is 310 g/mol. The number of anilines is 1. The van der Waals surface area contributed by atoms with Gasteiger partial charge in [0.1, 0.15) is 11.2 Å². The van der Waals surface area contributed by atoms with Crippen molar-refractivity contribution in [1.82, 2.24) is 15.2 Å². The predicted octanol–water partition coefficient (Wildman–Crippen LogP) is 3.97. The van der Waals surface area contributed by atoms with Gasteiger partial charge in [-0.3, -0.25) is 10.1 Å². The number of hydrogen-bond donors (Lipinski definition) is 2. The fourth-order valence-electron chi connectivity index (χ4n) is 3.14. The van der Waals surface area contributed by atoms with Crippen molar-refractivity contribution in [3.8, 4) is 6.07 Å². The number of aromatic nitrogens is 3. The molecule has 0 amide bonds. The molecule has 0 saturated carbocycles. The molecule has 3 aromatic rings. The van der Waals surface area contributed by atoms with E-state index in [1.54, 1.807) is 6.20 Å². The van der Waals surface area contributed by atoms with Gasteiger partial charge in [-0.05, 0) is 49.1 Å². The molecule has 2 N–H and O–H groups in total. The second-order valence-corrected chi connectivity index (χ2v) is 6.12. The molecular formula is C17H14ClN5. The van der Waals surface area contributed by atoms with Gasteiger partial charge in [0.15, 0.2) is 0 Å². The van der Waals surface area contributed by atoms with Gasteiger partial charge < -0.3 is 5.32 Å². The lowest BCUT2D eigenvalue weighted by molar-refractivity contribution is 0.583. The Balaban J connectivity index is 1.66.